The second kappa shape index (κ2) is 6.90. The molecule has 0 saturated heterocycles. The lowest BCUT2D eigenvalue weighted by Gasteiger charge is -2.27. The molecule has 0 spiro atoms. The minimum Gasteiger partial charge on any atom is -0.446 e. The largest absolute Gasteiger partial charge is 0.446 e. The molecule has 3 aliphatic rings. The molecule has 1 aromatic rings. The molecule has 1 aromatic heterocycles. The molecule has 3 N–H and O–H groups in total. The number of ether oxygens (including phenoxy) is 1. The van der Waals surface area contributed by atoms with Crippen LogP contribution in [0.5, 0.6) is 0 Å². The van der Waals surface area contributed by atoms with Gasteiger partial charge in [-0.15, -0.1) is 0 Å². The lowest BCUT2D eigenvalue weighted by Crippen LogP contribution is -2.39. The van der Waals surface area contributed by atoms with Gasteiger partial charge in [-0.1, -0.05) is 6.08 Å². The molecule has 9 heteroatoms. The number of hydrogen-bond donors (Lipinski definition) is 2. The highest BCUT2D eigenvalue weighted by Crippen LogP contribution is 2.37. The first-order valence-electron chi connectivity index (χ1n) is 10.0. The van der Waals surface area contributed by atoms with Crippen LogP contribution in [0.1, 0.15) is 64.0 Å². The van der Waals surface area contributed by atoms with Gasteiger partial charge in [0.15, 0.2) is 0 Å². The first kappa shape index (κ1) is 20.0. The number of carbonyl (C=O) groups is 1. The van der Waals surface area contributed by atoms with Gasteiger partial charge in [0.1, 0.15) is 10.9 Å². The Morgan fingerprint density at radius 2 is 2.10 bits per heavy atom. The second-order valence-electron chi connectivity index (χ2n) is 8.90. The molecule has 4 rings (SSSR count). The molecule has 0 aromatic carbocycles. The highest BCUT2D eigenvalue weighted by atomic mass is 32.2. The normalized spacial score (nSPS) is 30.6. The summed E-state index contributed by atoms with van der Waals surface area (Å²) in [6.45, 7) is 3.66. The number of amides is 1. The van der Waals surface area contributed by atoms with E-state index in [0.29, 0.717) is 24.2 Å². The van der Waals surface area contributed by atoms with Crippen molar-refractivity contribution in [3.8, 4) is 0 Å². The topological polar surface area (TPSA) is 116 Å². The Morgan fingerprint density at radius 3 is 2.79 bits per heavy atom. The van der Waals surface area contributed by atoms with Gasteiger partial charge in [0, 0.05) is 23.4 Å². The number of nitrogens with zero attached hydrogens (tertiary/aromatic N) is 2. The van der Waals surface area contributed by atoms with E-state index >= 15 is 0 Å². The van der Waals surface area contributed by atoms with Crippen molar-refractivity contribution in [2.75, 3.05) is 0 Å². The molecular formula is C20H28N4O4S. The van der Waals surface area contributed by atoms with E-state index in [2.05, 4.69) is 10.4 Å². The SMILES string of the molecule is CC1(NC(=O)O[C@@H]2CC[C@H](c3ccn(S(=O)(=O)C4(C)C=C(N)C=CC4)n3)C2)CC1. The fourth-order valence-corrected chi connectivity index (χ4v) is 5.45. The molecule has 0 aliphatic heterocycles. The Morgan fingerprint density at radius 1 is 1.34 bits per heavy atom. The number of nitrogens with two attached hydrogens (primary N) is 1. The molecule has 2 saturated carbocycles. The monoisotopic (exact) mass is 420 g/mol. The van der Waals surface area contributed by atoms with E-state index in [-0.39, 0.29) is 23.7 Å². The van der Waals surface area contributed by atoms with Gasteiger partial charge in [-0.25, -0.2) is 13.2 Å². The maximum atomic E-state index is 13.1. The molecule has 3 aliphatic carbocycles. The van der Waals surface area contributed by atoms with E-state index in [1.807, 2.05) is 6.92 Å². The number of hydrogen-bond acceptors (Lipinski definition) is 6. The summed E-state index contributed by atoms with van der Waals surface area (Å²) in [6, 6.07) is 1.74. The number of carbonyl (C=O) groups excluding carboxylic acids is 1. The summed E-state index contributed by atoms with van der Waals surface area (Å²) < 4.78 is 31.7. The van der Waals surface area contributed by atoms with E-state index in [1.165, 1.54) is 6.20 Å². The third-order valence-corrected chi connectivity index (χ3v) is 8.37. The highest BCUT2D eigenvalue weighted by Gasteiger charge is 2.41. The van der Waals surface area contributed by atoms with Crippen molar-refractivity contribution in [3.63, 3.8) is 0 Å². The van der Waals surface area contributed by atoms with Crippen LogP contribution in [-0.4, -0.2) is 40.1 Å². The van der Waals surface area contributed by atoms with Crippen LogP contribution in [0.3, 0.4) is 0 Å². The molecule has 8 nitrogen and oxygen atoms in total. The van der Waals surface area contributed by atoms with Gasteiger partial charge in [0.25, 0.3) is 10.0 Å². The zero-order chi connectivity index (χ0) is 20.9. The van der Waals surface area contributed by atoms with E-state index in [9.17, 15) is 13.2 Å². The van der Waals surface area contributed by atoms with Crippen LogP contribution in [0, 0.1) is 0 Å². The summed E-state index contributed by atoms with van der Waals surface area (Å²) in [6.07, 6.45) is 10.5. The predicted molar refractivity (Wildman–Crippen MR) is 109 cm³/mol. The van der Waals surface area contributed by atoms with Crippen LogP contribution in [0.2, 0.25) is 0 Å². The van der Waals surface area contributed by atoms with E-state index in [4.69, 9.17) is 10.5 Å². The van der Waals surface area contributed by atoms with Crippen molar-refractivity contribution in [2.45, 2.75) is 74.7 Å². The molecule has 29 heavy (non-hydrogen) atoms. The maximum Gasteiger partial charge on any atom is 0.407 e. The number of aromatic nitrogens is 2. The number of allylic oxidation sites excluding steroid dienone is 2. The average molecular weight is 421 g/mol. The first-order valence-corrected chi connectivity index (χ1v) is 11.5. The number of rotatable bonds is 5. The van der Waals surface area contributed by atoms with Gasteiger partial charge in [-0.3, -0.25) is 0 Å². The molecule has 158 valence electrons. The summed E-state index contributed by atoms with van der Waals surface area (Å²) >= 11 is 0. The van der Waals surface area contributed by atoms with Gasteiger partial charge in [-0.05, 0) is 70.6 Å². The summed E-state index contributed by atoms with van der Waals surface area (Å²) in [4.78, 5) is 12.0. The molecule has 2 fully saturated rings. The minimum absolute atomic E-state index is 0.0698. The Balaban J connectivity index is 1.42. The molecule has 0 bridgehead atoms. The minimum atomic E-state index is -3.75. The lowest BCUT2D eigenvalue weighted by atomic mass is 10.0. The van der Waals surface area contributed by atoms with Crippen molar-refractivity contribution in [3.05, 3.63) is 41.9 Å². The van der Waals surface area contributed by atoms with Crippen molar-refractivity contribution in [1.29, 1.82) is 0 Å². The van der Waals surface area contributed by atoms with Crippen LogP contribution in [-0.2, 0) is 14.8 Å². The van der Waals surface area contributed by atoms with Crippen LogP contribution in [0.4, 0.5) is 4.79 Å². The van der Waals surface area contributed by atoms with Gasteiger partial charge >= 0.3 is 6.09 Å². The highest BCUT2D eigenvalue weighted by molar-refractivity contribution is 7.91. The van der Waals surface area contributed by atoms with Crippen LogP contribution >= 0.6 is 0 Å². The quantitative estimate of drug-likeness (QED) is 0.756. The summed E-state index contributed by atoms with van der Waals surface area (Å²) in [7, 11) is -3.75. The third-order valence-electron chi connectivity index (χ3n) is 6.21. The van der Waals surface area contributed by atoms with Gasteiger partial charge < -0.3 is 15.8 Å². The zero-order valence-corrected chi connectivity index (χ0v) is 17.6. The zero-order valence-electron chi connectivity index (χ0n) is 16.8. The van der Waals surface area contributed by atoms with Crippen molar-refractivity contribution in [2.24, 2.45) is 5.73 Å². The van der Waals surface area contributed by atoms with Gasteiger partial charge in [0.05, 0.1) is 5.69 Å². The fourth-order valence-electron chi connectivity index (χ4n) is 4.01. The predicted octanol–water partition coefficient (Wildman–Crippen LogP) is 2.54. The van der Waals surface area contributed by atoms with Crippen molar-refractivity contribution in [1.82, 2.24) is 14.5 Å². The second-order valence-corrected chi connectivity index (χ2v) is 11.2. The van der Waals surface area contributed by atoms with Crippen LogP contribution in [0.25, 0.3) is 0 Å². The fraction of sp³-hybridized carbons (Fsp3) is 0.600. The van der Waals surface area contributed by atoms with E-state index < -0.39 is 14.8 Å². The van der Waals surface area contributed by atoms with Crippen LogP contribution in [0.15, 0.2) is 36.2 Å². The Labute approximate surface area is 171 Å². The van der Waals surface area contributed by atoms with Crippen molar-refractivity contribution >= 4 is 16.1 Å². The Kier molecular flexibility index (Phi) is 4.76. The number of alkyl carbamates (subject to hydrolysis) is 1. The van der Waals surface area contributed by atoms with Gasteiger partial charge in [-0.2, -0.15) is 9.19 Å². The molecular weight excluding hydrogens is 392 g/mol. The third kappa shape index (κ3) is 3.92. The molecule has 3 atom stereocenters. The molecule has 1 heterocycles. The summed E-state index contributed by atoms with van der Waals surface area (Å²) in [5.41, 5.74) is 6.86. The summed E-state index contributed by atoms with van der Waals surface area (Å²) in [5, 5.41) is 7.27. The molecule has 1 amide bonds. The molecule has 0 radical (unpaired) electrons. The van der Waals surface area contributed by atoms with Crippen LogP contribution < -0.4 is 11.1 Å². The first-order chi connectivity index (χ1) is 13.6. The Hall–Kier alpha value is -2.29. The standard InChI is InChI=1S/C20H28N4O4S/c1-19(9-10-19)22-18(25)28-16-6-5-14(12-16)17-7-11-24(23-17)29(26,27)20(2)8-3-4-15(21)13-20/h3-4,7,11,13-14,16H,5-6,8-10,12,21H2,1-2H3,(H,22,25)/t14-,16+,20?/m0/s1. The van der Waals surface area contributed by atoms with E-state index in [1.54, 1.807) is 31.2 Å². The Bertz CT molecular complexity index is 976. The average Bonchev–Trinajstić information content (AvgIpc) is 3.03. The maximum absolute atomic E-state index is 13.1. The molecule has 1 unspecified atom stereocenters. The lowest BCUT2D eigenvalue weighted by molar-refractivity contribution is 0.0967. The number of nitrogens with one attached hydrogen (secondary N) is 1. The summed E-state index contributed by atoms with van der Waals surface area (Å²) in [5.74, 6) is 0.0698. The smallest absolute Gasteiger partial charge is 0.407 e. The van der Waals surface area contributed by atoms with E-state index in [0.717, 1.165) is 29.8 Å². The van der Waals surface area contributed by atoms with Gasteiger partial charge in [0.2, 0.25) is 0 Å². The van der Waals surface area contributed by atoms with Crippen molar-refractivity contribution < 1.29 is 17.9 Å².